The van der Waals surface area contributed by atoms with E-state index in [-0.39, 0.29) is 11.3 Å². The zero-order chi connectivity index (χ0) is 14.0. The maximum atomic E-state index is 11.1. The normalized spacial score (nSPS) is 10.3. The summed E-state index contributed by atoms with van der Waals surface area (Å²) in [7, 11) is 0. The number of hydrogen-bond acceptors (Lipinski definition) is 2. The summed E-state index contributed by atoms with van der Waals surface area (Å²) >= 11 is 11.8. The minimum atomic E-state index is -1.11. The highest BCUT2D eigenvalue weighted by atomic mass is 35.5. The lowest BCUT2D eigenvalue weighted by atomic mass is 10.2. The van der Waals surface area contributed by atoms with Crippen LogP contribution in [0.2, 0.25) is 10.0 Å². The Morgan fingerprint density at radius 2 is 1.79 bits per heavy atom. The molecule has 2 rings (SSSR count). The number of ether oxygens (including phenoxy) is 1. The molecule has 0 saturated carbocycles. The van der Waals surface area contributed by atoms with Crippen molar-refractivity contribution in [3.8, 4) is 11.5 Å². The van der Waals surface area contributed by atoms with Crippen molar-refractivity contribution in [2.24, 2.45) is 0 Å². The maximum Gasteiger partial charge on any atom is 0.339 e. The zero-order valence-corrected chi connectivity index (χ0v) is 11.5. The molecule has 0 radical (unpaired) electrons. The van der Waals surface area contributed by atoms with E-state index in [1.54, 1.807) is 18.2 Å². The monoisotopic (exact) mass is 296 g/mol. The SMILES string of the molecule is Cc1ccc(Oc2ccc(Cl)cc2C(=O)O)c(Cl)c1. The average molecular weight is 297 g/mol. The molecule has 0 aromatic heterocycles. The molecule has 0 spiro atoms. The van der Waals surface area contributed by atoms with E-state index in [1.807, 2.05) is 13.0 Å². The van der Waals surface area contributed by atoms with Crippen LogP contribution in [0.1, 0.15) is 15.9 Å². The van der Waals surface area contributed by atoms with Gasteiger partial charge < -0.3 is 9.84 Å². The quantitative estimate of drug-likeness (QED) is 0.885. The largest absolute Gasteiger partial charge is 0.478 e. The summed E-state index contributed by atoms with van der Waals surface area (Å²) in [5, 5.41) is 9.87. The average Bonchev–Trinajstić information content (AvgIpc) is 2.34. The van der Waals surface area contributed by atoms with E-state index in [1.165, 1.54) is 12.1 Å². The Morgan fingerprint density at radius 1 is 1.11 bits per heavy atom. The molecule has 0 aliphatic carbocycles. The second kappa shape index (κ2) is 5.51. The lowest BCUT2D eigenvalue weighted by Crippen LogP contribution is -2.00. The van der Waals surface area contributed by atoms with Crippen molar-refractivity contribution in [2.75, 3.05) is 0 Å². The summed E-state index contributed by atoms with van der Waals surface area (Å²) in [6.07, 6.45) is 0. The minimum Gasteiger partial charge on any atom is -0.478 e. The van der Waals surface area contributed by atoms with Gasteiger partial charge in [-0.3, -0.25) is 0 Å². The first-order chi connectivity index (χ1) is 8.97. The Balaban J connectivity index is 2.40. The fraction of sp³-hybridized carbons (Fsp3) is 0.0714. The molecule has 0 heterocycles. The molecule has 0 saturated heterocycles. The number of aryl methyl sites for hydroxylation is 1. The van der Waals surface area contributed by atoms with Crippen LogP contribution in [0.3, 0.4) is 0 Å². The minimum absolute atomic E-state index is 0.0101. The van der Waals surface area contributed by atoms with E-state index in [0.717, 1.165) is 5.56 Å². The van der Waals surface area contributed by atoms with Crippen molar-refractivity contribution >= 4 is 29.2 Å². The summed E-state index contributed by atoms with van der Waals surface area (Å²) in [6.45, 7) is 1.90. The first kappa shape index (κ1) is 13.7. The van der Waals surface area contributed by atoms with E-state index in [2.05, 4.69) is 0 Å². The van der Waals surface area contributed by atoms with E-state index in [9.17, 15) is 4.79 Å². The van der Waals surface area contributed by atoms with Gasteiger partial charge in [0.05, 0.1) is 5.02 Å². The molecule has 0 amide bonds. The molecule has 98 valence electrons. The van der Waals surface area contributed by atoms with E-state index in [0.29, 0.717) is 15.8 Å². The molecule has 0 bridgehead atoms. The van der Waals surface area contributed by atoms with Crippen LogP contribution in [0, 0.1) is 6.92 Å². The second-order valence-electron chi connectivity index (χ2n) is 3.98. The third-order valence-corrected chi connectivity index (χ3v) is 3.01. The van der Waals surface area contributed by atoms with Crippen LogP contribution in [0.25, 0.3) is 0 Å². The molecular weight excluding hydrogens is 287 g/mol. The Bertz CT molecular complexity index is 639. The fourth-order valence-electron chi connectivity index (χ4n) is 1.57. The Morgan fingerprint density at radius 3 is 2.42 bits per heavy atom. The van der Waals surface area contributed by atoms with Gasteiger partial charge in [0.15, 0.2) is 0 Å². The lowest BCUT2D eigenvalue weighted by molar-refractivity contribution is 0.0694. The van der Waals surface area contributed by atoms with E-state index >= 15 is 0 Å². The van der Waals surface area contributed by atoms with Gasteiger partial charge >= 0.3 is 5.97 Å². The molecule has 0 fully saturated rings. The van der Waals surface area contributed by atoms with Crippen LogP contribution >= 0.6 is 23.2 Å². The number of carboxylic acid groups (broad SMARTS) is 1. The van der Waals surface area contributed by atoms with Crippen LogP contribution in [0.15, 0.2) is 36.4 Å². The number of benzene rings is 2. The molecule has 5 heteroatoms. The summed E-state index contributed by atoms with van der Waals surface area (Å²) < 4.78 is 5.54. The van der Waals surface area contributed by atoms with Crippen LogP contribution in [-0.4, -0.2) is 11.1 Å². The van der Waals surface area contributed by atoms with E-state index in [4.69, 9.17) is 33.0 Å². The van der Waals surface area contributed by atoms with Crippen molar-refractivity contribution in [1.82, 2.24) is 0 Å². The molecule has 3 nitrogen and oxygen atoms in total. The lowest BCUT2D eigenvalue weighted by Gasteiger charge is -2.10. The number of halogens is 2. The highest BCUT2D eigenvalue weighted by molar-refractivity contribution is 6.32. The standard InChI is InChI=1S/C14H10Cl2O3/c1-8-2-4-13(11(16)6-8)19-12-5-3-9(15)7-10(12)14(17)18/h2-7H,1H3,(H,17,18). The van der Waals surface area contributed by atoms with Crippen molar-refractivity contribution in [2.45, 2.75) is 6.92 Å². The zero-order valence-electron chi connectivity index (χ0n) is 9.98. The van der Waals surface area contributed by atoms with Crippen molar-refractivity contribution in [3.05, 3.63) is 57.6 Å². The third-order valence-electron chi connectivity index (χ3n) is 2.48. The van der Waals surface area contributed by atoms with Gasteiger partial charge in [-0.05, 0) is 42.8 Å². The van der Waals surface area contributed by atoms with Crippen LogP contribution in [0.4, 0.5) is 0 Å². The van der Waals surface area contributed by atoms with Crippen LogP contribution in [0.5, 0.6) is 11.5 Å². The van der Waals surface area contributed by atoms with Gasteiger partial charge in [-0.25, -0.2) is 4.79 Å². The van der Waals surface area contributed by atoms with Gasteiger partial charge in [-0.1, -0.05) is 29.3 Å². The van der Waals surface area contributed by atoms with Crippen LogP contribution < -0.4 is 4.74 Å². The van der Waals surface area contributed by atoms with Gasteiger partial charge in [-0.2, -0.15) is 0 Å². The molecule has 2 aromatic carbocycles. The van der Waals surface area contributed by atoms with Gasteiger partial charge in [-0.15, -0.1) is 0 Å². The molecule has 0 aliphatic rings. The highest BCUT2D eigenvalue weighted by Gasteiger charge is 2.14. The fourth-order valence-corrected chi connectivity index (χ4v) is 2.01. The second-order valence-corrected chi connectivity index (χ2v) is 4.83. The van der Waals surface area contributed by atoms with Crippen molar-refractivity contribution in [3.63, 3.8) is 0 Å². The summed E-state index contributed by atoms with van der Waals surface area (Å²) in [4.78, 5) is 11.1. The summed E-state index contributed by atoms with van der Waals surface area (Å²) in [6, 6.07) is 9.66. The van der Waals surface area contributed by atoms with Crippen LogP contribution in [-0.2, 0) is 0 Å². The first-order valence-electron chi connectivity index (χ1n) is 5.44. The summed E-state index contributed by atoms with van der Waals surface area (Å²) in [5.74, 6) is -0.513. The maximum absolute atomic E-state index is 11.1. The number of rotatable bonds is 3. The number of carbonyl (C=O) groups is 1. The van der Waals surface area contributed by atoms with Crippen molar-refractivity contribution in [1.29, 1.82) is 0 Å². The predicted molar refractivity (Wildman–Crippen MR) is 74.7 cm³/mol. The molecule has 19 heavy (non-hydrogen) atoms. The van der Waals surface area contributed by atoms with Gasteiger partial charge in [0.25, 0.3) is 0 Å². The summed E-state index contributed by atoms with van der Waals surface area (Å²) in [5.41, 5.74) is 0.982. The van der Waals surface area contributed by atoms with E-state index < -0.39 is 5.97 Å². The molecular formula is C14H10Cl2O3. The van der Waals surface area contributed by atoms with Gasteiger partial charge in [0.2, 0.25) is 0 Å². The number of hydrogen-bond donors (Lipinski definition) is 1. The Labute approximate surface area is 120 Å². The molecule has 1 N–H and O–H groups in total. The van der Waals surface area contributed by atoms with Gasteiger partial charge in [0.1, 0.15) is 17.1 Å². The molecule has 0 atom stereocenters. The Kier molecular flexibility index (Phi) is 3.98. The highest BCUT2D eigenvalue weighted by Crippen LogP contribution is 2.32. The Hall–Kier alpha value is -1.71. The van der Waals surface area contributed by atoms with Crippen molar-refractivity contribution < 1.29 is 14.6 Å². The molecule has 2 aromatic rings. The molecule has 0 aliphatic heterocycles. The van der Waals surface area contributed by atoms with Gasteiger partial charge in [0, 0.05) is 5.02 Å². The number of aromatic carboxylic acids is 1. The predicted octanol–water partition coefficient (Wildman–Crippen LogP) is 4.79. The topological polar surface area (TPSA) is 46.5 Å². The molecule has 0 unspecified atom stereocenters. The number of carboxylic acids is 1. The third kappa shape index (κ3) is 3.19. The first-order valence-corrected chi connectivity index (χ1v) is 6.20. The smallest absolute Gasteiger partial charge is 0.339 e.